The van der Waals surface area contributed by atoms with Crippen LogP contribution < -0.4 is 11.5 Å². The third-order valence-electron chi connectivity index (χ3n) is 2.55. The Bertz CT molecular complexity index is 483. The number of amides is 1. The van der Waals surface area contributed by atoms with Gasteiger partial charge in [-0.05, 0) is 38.1 Å². The molecule has 2 atom stereocenters. The summed E-state index contributed by atoms with van der Waals surface area (Å²) in [6.07, 6.45) is -1.56. The van der Waals surface area contributed by atoms with Crippen LogP contribution in [0.3, 0.4) is 0 Å². The molecule has 0 rings (SSSR count). The zero-order chi connectivity index (χ0) is 18.4. The number of rotatable bonds is 7. The number of hydrogen-bond donors (Lipinski definition) is 3. The molecule has 0 aliphatic heterocycles. The number of aliphatic carboxylic acids is 1. The Kier molecular flexibility index (Phi) is 7.23. The molecule has 1 amide bonds. The smallest absolute Gasteiger partial charge is 0.469 e. The summed E-state index contributed by atoms with van der Waals surface area (Å²) in [5.74, 6) is -2.12. The van der Waals surface area contributed by atoms with Crippen LogP contribution in [0, 0.1) is 16.0 Å². The van der Waals surface area contributed by atoms with Gasteiger partial charge in [-0.25, -0.2) is 19.7 Å². The van der Waals surface area contributed by atoms with Crippen molar-refractivity contribution in [1.82, 2.24) is 5.01 Å². The maximum absolute atomic E-state index is 11.9. The van der Waals surface area contributed by atoms with Gasteiger partial charge in [0.25, 0.3) is 0 Å². The Morgan fingerprint density at radius 1 is 1.39 bits per heavy atom. The number of carbonyl (C=O) groups excluding carboxylic acids is 1. The van der Waals surface area contributed by atoms with Gasteiger partial charge in [0.1, 0.15) is 5.60 Å². The van der Waals surface area contributed by atoms with E-state index in [4.69, 9.17) is 16.2 Å². The number of hydrazine groups is 1. The lowest BCUT2D eigenvalue weighted by Crippen LogP contribution is -2.51. The minimum absolute atomic E-state index is 0.0282. The standard InChI is InChI=1S/C12H23N5O6/c1-7(6-15-10(13)14)5-8(9(18)19)16(17(21)22)11(20)23-12(2,3)4/h7-8H,5-6H2,1-4H3,(H,18,19)(H4,13,14,15)/t7?,8-/m0/s1. The molecule has 23 heavy (non-hydrogen) atoms. The maximum atomic E-state index is 11.9. The SMILES string of the molecule is CC(CN=C(N)N)C[C@@H](C(=O)O)N(C(=O)OC(C)(C)C)[N+](=O)[O-]. The van der Waals surface area contributed by atoms with Crippen LogP contribution in [0.15, 0.2) is 4.99 Å². The second kappa shape index (κ2) is 8.15. The molecule has 0 bridgehead atoms. The van der Waals surface area contributed by atoms with E-state index >= 15 is 0 Å². The molecule has 1 unspecified atom stereocenters. The fourth-order valence-electron chi connectivity index (χ4n) is 1.64. The molecule has 0 aromatic carbocycles. The highest BCUT2D eigenvalue weighted by Crippen LogP contribution is 2.17. The highest BCUT2D eigenvalue weighted by Gasteiger charge is 2.42. The van der Waals surface area contributed by atoms with Gasteiger partial charge in [0.2, 0.25) is 0 Å². The number of nitrogens with two attached hydrogens (primary N) is 2. The van der Waals surface area contributed by atoms with Gasteiger partial charge in [-0.15, -0.1) is 0 Å². The van der Waals surface area contributed by atoms with Crippen molar-refractivity contribution in [1.29, 1.82) is 0 Å². The molecule has 11 heteroatoms. The molecule has 11 nitrogen and oxygen atoms in total. The van der Waals surface area contributed by atoms with E-state index in [1.165, 1.54) is 20.8 Å². The zero-order valence-electron chi connectivity index (χ0n) is 13.6. The van der Waals surface area contributed by atoms with E-state index in [0.717, 1.165) is 0 Å². The number of nitro groups is 1. The summed E-state index contributed by atoms with van der Waals surface area (Å²) in [5, 5.41) is 19.2. The summed E-state index contributed by atoms with van der Waals surface area (Å²) in [7, 11) is 0. The molecule has 132 valence electrons. The van der Waals surface area contributed by atoms with E-state index in [2.05, 4.69) is 4.99 Å². The summed E-state index contributed by atoms with van der Waals surface area (Å²) < 4.78 is 4.89. The van der Waals surface area contributed by atoms with Gasteiger partial charge in [-0.1, -0.05) is 6.92 Å². The van der Waals surface area contributed by atoms with Gasteiger partial charge in [0.05, 0.1) is 0 Å². The molecule has 0 fully saturated rings. The lowest BCUT2D eigenvalue weighted by Gasteiger charge is -2.25. The Labute approximate surface area is 133 Å². The van der Waals surface area contributed by atoms with Crippen molar-refractivity contribution in [3.63, 3.8) is 0 Å². The first kappa shape index (κ1) is 20.4. The van der Waals surface area contributed by atoms with Crippen LogP contribution in [0.25, 0.3) is 0 Å². The van der Waals surface area contributed by atoms with E-state index in [0.29, 0.717) is 0 Å². The average Bonchev–Trinajstić information content (AvgIpc) is 2.32. The van der Waals surface area contributed by atoms with Crippen LogP contribution in [-0.2, 0) is 9.53 Å². The van der Waals surface area contributed by atoms with Crippen molar-refractivity contribution >= 4 is 18.0 Å². The van der Waals surface area contributed by atoms with Gasteiger partial charge < -0.3 is 21.3 Å². The van der Waals surface area contributed by atoms with E-state index in [1.807, 2.05) is 0 Å². The number of ether oxygens (including phenoxy) is 1. The van der Waals surface area contributed by atoms with Crippen molar-refractivity contribution in [3.05, 3.63) is 10.1 Å². The number of carbonyl (C=O) groups is 2. The Morgan fingerprint density at radius 2 is 1.91 bits per heavy atom. The normalized spacial score (nSPS) is 13.6. The predicted octanol–water partition coefficient (Wildman–Crippen LogP) is 0.168. The quantitative estimate of drug-likeness (QED) is 0.255. The van der Waals surface area contributed by atoms with E-state index in [9.17, 15) is 24.8 Å². The molecule has 0 aliphatic carbocycles. The van der Waals surface area contributed by atoms with Gasteiger partial charge >= 0.3 is 12.1 Å². The van der Waals surface area contributed by atoms with E-state index in [-0.39, 0.29) is 23.9 Å². The molecule has 0 radical (unpaired) electrons. The summed E-state index contributed by atoms with van der Waals surface area (Å²) in [5.41, 5.74) is 9.35. The Balaban J connectivity index is 5.26. The van der Waals surface area contributed by atoms with Crippen molar-refractivity contribution in [2.45, 2.75) is 45.8 Å². The minimum atomic E-state index is -1.70. The van der Waals surface area contributed by atoms with Gasteiger partial charge in [0.15, 0.2) is 17.0 Å². The molecule has 0 saturated carbocycles. The molecule has 0 aliphatic rings. The topological polar surface area (TPSA) is 174 Å². The zero-order valence-corrected chi connectivity index (χ0v) is 13.6. The number of carboxylic acids is 1. The van der Waals surface area contributed by atoms with Crippen LogP contribution in [0.1, 0.15) is 34.1 Å². The summed E-state index contributed by atoms with van der Waals surface area (Å²) in [6, 6.07) is -1.70. The molecule has 0 saturated heterocycles. The van der Waals surface area contributed by atoms with Gasteiger partial charge in [0, 0.05) is 6.54 Å². The second-order valence-corrected chi connectivity index (χ2v) is 6.02. The molecular weight excluding hydrogens is 310 g/mol. The van der Waals surface area contributed by atoms with E-state index < -0.39 is 34.7 Å². The van der Waals surface area contributed by atoms with Crippen LogP contribution in [-0.4, -0.2) is 51.4 Å². The summed E-state index contributed by atoms with van der Waals surface area (Å²) in [4.78, 5) is 38.1. The first-order valence-corrected chi connectivity index (χ1v) is 6.80. The first-order valence-electron chi connectivity index (χ1n) is 6.80. The molecule has 0 heterocycles. The van der Waals surface area contributed by atoms with Crippen molar-refractivity contribution in [2.24, 2.45) is 22.4 Å². The summed E-state index contributed by atoms with van der Waals surface area (Å²) in [6.45, 7) is 6.22. The van der Waals surface area contributed by atoms with Crippen LogP contribution in [0.2, 0.25) is 0 Å². The minimum Gasteiger partial charge on any atom is -0.480 e. The second-order valence-electron chi connectivity index (χ2n) is 6.02. The van der Waals surface area contributed by atoms with Crippen LogP contribution in [0.5, 0.6) is 0 Å². The number of carboxylic acid groups (broad SMARTS) is 1. The van der Waals surface area contributed by atoms with E-state index in [1.54, 1.807) is 6.92 Å². The lowest BCUT2D eigenvalue weighted by molar-refractivity contribution is -0.641. The van der Waals surface area contributed by atoms with Gasteiger partial charge in [-0.3, -0.25) is 4.99 Å². The number of nitrogens with zero attached hydrogens (tertiary/aromatic N) is 3. The van der Waals surface area contributed by atoms with Crippen molar-refractivity contribution in [2.75, 3.05) is 6.54 Å². The highest BCUT2D eigenvalue weighted by atomic mass is 16.7. The highest BCUT2D eigenvalue weighted by molar-refractivity contribution is 5.79. The Hall–Kier alpha value is -2.59. The number of aliphatic imine (C=N–C) groups is 1. The third-order valence-corrected chi connectivity index (χ3v) is 2.55. The van der Waals surface area contributed by atoms with Crippen molar-refractivity contribution < 1.29 is 24.5 Å². The first-order chi connectivity index (χ1) is 10.3. The van der Waals surface area contributed by atoms with Crippen molar-refractivity contribution in [3.8, 4) is 0 Å². The lowest BCUT2D eigenvalue weighted by atomic mass is 10.0. The Morgan fingerprint density at radius 3 is 2.26 bits per heavy atom. The van der Waals surface area contributed by atoms with Gasteiger partial charge in [-0.2, -0.15) is 0 Å². The number of hydrogen-bond acceptors (Lipinski definition) is 6. The molecular formula is C12H23N5O6. The molecule has 0 aromatic rings. The molecule has 5 N–H and O–H groups in total. The third kappa shape index (κ3) is 7.83. The molecule has 0 spiro atoms. The number of guanidine groups is 1. The monoisotopic (exact) mass is 333 g/mol. The summed E-state index contributed by atoms with van der Waals surface area (Å²) >= 11 is 0. The maximum Gasteiger partial charge on any atom is 0.469 e. The predicted molar refractivity (Wildman–Crippen MR) is 80.9 cm³/mol. The fraction of sp³-hybridized carbons (Fsp3) is 0.750. The average molecular weight is 333 g/mol. The fourth-order valence-corrected chi connectivity index (χ4v) is 1.64. The van der Waals surface area contributed by atoms with Crippen LogP contribution >= 0.6 is 0 Å². The molecule has 0 aromatic heterocycles. The van der Waals surface area contributed by atoms with Crippen LogP contribution in [0.4, 0.5) is 4.79 Å². The largest absolute Gasteiger partial charge is 0.480 e.